The molecule has 0 spiro atoms. The van der Waals surface area contributed by atoms with Crippen molar-refractivity contribution in [3.8, 4) is 0 Å². The molecule has 0 bridgehead atoms. The van der Waals surface area contributed by atoms with Crippen molar-refractivity contribution in [1.29, 1.82) is 0 Å². The Kier molecular flexibility index (Phi) is 5.19. The lowest BCUT2D eigenvalue weighted by atomic mass is 10.2. The fourth-order valence-electron chi connectivity index (χ4n) is 2.71. The molecule has 5 nitrogen and oxygen atoms in total. The highest BCUT2D eigenvalue weighted by Crippen LogP contribution is 2.28. The zero-order valence-corrected chi connectivity index (χ0v) is 15.1. The van der Waals surface area contributed by atoms with Crippen molar-refractivity contribution in [2.75, 3.05) is 11.9 Å². The first-order chi connectivity index (χ1) is 12.1. The summed E-state index contributed by atoms with van der Waals surface area (Å²) in [6, 6.07) is 11.8. The van der Waals surface area contributed by atoms with Crippen LogP contribution in [0.15, 0.2) is 42.6 Å². The van der Waals surface area contributed by atoms with Crippen LogP contribution in [0.5, 0.6) is 0 Å². The van der Waals surface area contributed by atoms with Gasteiger partial charge in [-0.2, -0.15) is 0 Å². The van der Waals surface area contributed by atoms with Crippen LogP contribution in [-0.4, -0.2) is 23.1 Å². The Hall–Kier alpha value is -2.60. The molecular weight excluding hydrogens is 336 g/mol. The predicted molar refractivity (Wildman–Crippen MR) is 100 cm³/mol. The number of nitrogens with one attached hydrogen (secondary N) is 1. The van der Waals surface area contributed by atoms with Crippen molar-refractivity contribution < 1.29 is 14.3 Å². The normalized spacial score (nSPS) is 10.8. The average molecular weight is 356 g/mol. The second-order valence-corrected chi connectivity index (χ2v) is 6.94. The molecule has 0 fully saturated rings. The summed E-state index contributed by atoms with van der Waals surface area (Å²) in [4.78, 5) is 25.2. The van der Waals surface area contributed by atoms with Crippen LogP contribution in [0, 0.1) is 6.92 Å². The number of benzene rings is 1. The predicted octanol–water partition coefficient (Wildman–Crippen LogP) is 4.22. The standard InChI is InChI=1S/C19H20N2O3S/c1-3-24-19(23)15-12-13(2)25-18(15)20-17(22)9-11-21-10-8-14-6-4-5-7-16(14)21/h4-8,10,12H,3,9,11H2,1-2H3,(H,20,22). The summed E-state index contributed by atoms with van der Waals surface area (Å²) >= 11 is 1.38. The van der Waals surface area contributed by atoms with Gasteiger partial charge in [-0.25, -0.2) is 4.79 Å². The maximum atomic E-state index is 12.3. The van der Waals surface area contributed by atoms with Crippen LogP contribution < -0.4 is 5.32 Å². The van der Waals surface area contributed by atoms with Gasteiger partial charge in [0.05, 0.1) is 12.2 Å². The number of para-hydroxylation sites is 1. The molecule has 2 aromatic heterocycles. The molecule has 1 amide bonds. The lowest BCUT2D eigenvalue weighted by Gasteiger charge is -2.08. The third kappa shape index (κ3) is 3.91. The fourth-order valence-corrected chi connectivity index (χ4v) is 3.63. The second kappa shape index (κ2) is 7.53. The van der Waals surface area contributed by atoms with Gasteiger partial charge in [0.25, 0.3) is 0 Å². The number of ether oxygens (including phenoxy) is 1. The Morgan fingerprint density at radius 3 is 2.84 bits per heavy atom. The lowest BCUT2D eigenvalue weighted by molar-refractivity contribution is -0.116. The molecule has 0 saturated carbocycles. The van der Waals surface area contributed by atoms with Crippen molar-refractivity contribution >= 4 is 39.1 Å². The number of hydrogen-bond acceptors (Lipinski definition) is 4. The maximum Gasteiger partial charge on any atom is 0.341 e. The number of carbonyl (C=O) groups excluding carboxylic acids is 2. The van der Waals surface area contributed by atoms with Gasteiger partial charge >= 0.3 is 5.97 Å². The number of thiophene rings is 1. The van der Waals surface area contributed by atoms with Crippen LogP contribution in [0.3, 0.4) is 0 Å². The summed E-state index contributed by atoms with van der Waals surface area (Å²) in [7, 11) is 0. The third-order valence-electron chi connectivity index (χ3n) is 3.86. The van der Waals surface area contributed by atoms with Gasteiger partial charge in [0, 0.05) is 29.6 Å². The second-order valence-electron chi connectivity index (χ2n) is 5.69. The van der Waals surface area contributed by atoms with Crippen molar-refractivity contribution in [3.05, 3.63) is 53.0 Å². The van der Waals surface area contributed by atoms with Gasteiger partial charge in [0.2, 0.25) is 5.91 Å². The topological polar surface area (TPSA) is 60.3 Å². The lowest BCUT2D eigenvalue weighted by Crippen LogP contribution is -2.15. The minimum atomic E-state index is -0.404. The first-order valence-corrected chi connectivity index (χ1v) is 9.01. The molecule has 1 aromatic carbocycles. The van der Waals surface area contributed by atoms with Crippen molar-refractivity contribution in [2.24, 2.45) is 0 Å². The van der Waals surface area contributed by atoms with Gasteiger partial charge in [0.1, 0.15) is 5.00 Å². The molecular formula is C19H20N2O3S. The molecule has 3 rings (SSSR count). The Labute approximate surface area is 150 Å². The number of rotatable bonds is 6. The first kappa shape index (κ1) is 17.2. The van der Waals surface area contributed by atoms with E-state index in [9.17, 15) is 9.59 Å². The average Bonchev–Trinajstić information content (AvgIpc) is 3.16. The summed E-state index contributed by atoms with van der Waals surface area (Å²) < 4.78 is 7.10. The molecule has 130 valence electrons. The summed E-state index contributed by atoms with van der Waals surface area (Å²) in [5.74, 6) is -0.524. The highest BCUT2D eigenvalue weighted by molar-refractivity contribution is 7.16. The van der Waals surface area contributed by atoms with E-state index in [4.69, 9.17) is 4.74 Å². The van der Waals surface area contributed by atoms with Crippen LogP contribution in [0.1, 0.15) is 28.6 Å². The van der Waals surface area contributed by atoms with Crippen molar-refractivity contribution in [1.82, 2.24) is 4.57 Å². The summed E-state index contributed by atoms with van der Waals surface area (Å²) in [6.45, 7) is 4.55. The number of amides is 1. The molecule has 1 N–H and O–H groups in total. The highest BCUT2D eigenvalue weighted by atomic mass is 32.1. The molecule has 0 unspecified atom stereocenters. The number of fused-ring (bicyclic) bond motifs is 1. The number of aryl methyl sites for hydroxylation is 2. The fraction of sp³-hybridized carbons (Fsp3) is 0.263. The van der Waals surface area contributed by atoms with Gasteiger partial charge in [-0.3, -0.25) is 4.79 Å². The number of aromatic nitrogens is 1. The summed E-state index contributed by atoms with van der Waals surface area (Å²) in [5.41, 5.74) is 1.53. The highest BCUT2D eigenvalue weighted by Gasteiger charge is 2.17. The molecule has 0 aliphatic carbocycles. The largest absolute Gasteiger partial charge is 0.462 e. The minimum Gasteiger partial charge on any atom is -0.462 e. The van der Waals surface area contributed by atoms with E-state index in [0.717, 1.165) is 15.8 Å². The number of anilines is 1. The van der Waals surface area contributed by atoms with Gasteiger partial charge in [-0.05, 0) is 37.4 Å². The Balaban J connectivity index is 1.66. The number of carbonyl (C=O) groups is 2. The quantitative estimate of drug-likeness (QED) is 0.673. The van der Waals surface area contributed by atoms with E-state index in [1.807, 2.05) is 43.5 Å². The van der Waals surface area contributed by atoms with E-state index in [1.165, 1.54) is 11.3 Å². The first-order valence-electron chi connectivity index (χ1n) is 8.19. The van der Waals surface area contributed by atoms with E-state index < -0.39 is 5.97 Å². The molecule has 0 saturated heterocycles. The van der Waals surface area contributed by atoms with Gasteiger partial charge in [-0.1, -0.05) is 18.2 Å². The van der Waals surface area contributed by atoms with Gasteiger partial charge in [-0.15, -0.1) is 11.3 Å². The van der Waals surface area contributed by atoms with E-state index in [1.54, 1.807) is 13.0 Å². The van der Waals surface area contributed by atoms with Crippen molar-refractivity contribution in [3.63, 3.8) is 0 Å². The van der Waals surface area contributed by atoms with E-state index in [0.29, 0.717) is 30.1 Å². The third-order valence-corrected chi connectivity index (χ3v) is 4.83. The zero-order valence-electron chi connectivity index (χ0n) is 14.2. The number of hydrogen-bond donors (Lipinski definition) is 1. The van der Waals surface area contributed by atoms with Crippen molar-refractivity contribution in [2.45, 2.75) is 26.8 Å². The molecule has 0 radical (unpaired) electrons. The molecule has 25 heavy (non-hydrogen) atoms. The monoisotopic (exact) mass is 356 g/mol. The summed E-state index contributed by atoms with van der Waals surface area (Å²) in [6.07, 6.45) is 2.31. The Morgan fingerprint density at radius 1 is 1.24 bits per heavy atom. The van der Waals surface area contributed by atoms with Crippen LogP contribution >= 0.6 is 11.3 Å². The van der Waals surface area contributed by atoms with Crippen LogP contribution in [0.2, 0.25) is 0 Å². The van der Waals surface area contributed by atoms with Crippen LogP contribution in [0.4, 0.5) is 5.00 Å². The smallest absolute Gasteiger partial charge is 0.341 e. The van der Waals surface area contributed by atoms with E-state index in [-0.39, 0.29) is 5.91 Å². The van der Waals surface area contributed by atoms with Gasteiger partial charge in [0.15, 0.2) is 0 Å². The Bertz CT molecular complexity index is 910. The molecule has 0 atom stereocenters. The zero-order chi connectivity index (χ0) is 17.8. The Morgan fingerprint density at radius 2 is 2.04 bits per heavy atom. The van der Waals surface area contributed by atoms with E-state index >= 15 is 0 Å². The molecule has 0 aliphatic rings. The van der Waals surface area contributed by atoms with Gasteiger partial charge < -0.3 is 14.6 Å². The number of nitrogens with zero attached hydrogens (tertiary/aromatic N) is 1. The molecule has 3 aromatic rings. The summed E-state index contributed by atoms with van der Waals surface area (Å²) in [5, 5.41) is 4.55. The molecule has 2 heterocycles. The minimum absolute atomic E-state index is 0.120. The van der Waals surface area contributed by atoms with E-state index in [2.05, 4.69) is 9.88 Å². The molecule has 0 aliphatic heterocycles. The SMILES string of the molecule is CCOC(=O)c1cc(C)sc1NC(=O)CCn1ccc2ccccc21. The molecule has 6 heteroatoms. The van der Waals surface area contributed by atoms with Crippen LogP contribution in [0.25, 0.3) is 10.9 Å². The van der Waals surface area contributed by atoms with Crippen LogP contribution in [-0.2, 0) is 16.1 Å². The maximum absolute atomic E-state index is 12.3. The number of esters is 1.